The van der Waals surface area contributed by atoms with E-state index in [2.05, 4.69) is 5.32 Å². The van der Waals surface area contributed by atoms with Gasteiger partial charge in [0.25, 0.3) is 5.91 Å². The van der Waals surface area contributed by atoms with Crippen molar-refractivity contribution in [1.82, 2.24) is 5.32 Å². The zero-order valence-corrected chi connectivity index (χ0v) is 11.3. The molecule has 0 saturated carbocycles. The molecule has 0 heterocycles. The number of nitrogens with one attached hydrogen (secondary N) is 1. The van der Waals surface area contributed by atoms with Crippen LogP contribution in [-0.2, 0) is 9.47 Å². The monoisotopic (exact) mass is 273 g/mol. The average molecular weight is 274 g/mol. The van der Waals surface area contributed by atoms with Crippen molar-refractivity contribution in [2.75, 3.05) is 27.9 Å². The summed E-state index contributed by atoms with van der Waals surface area (Å²) >= 11 is 5.85. The van der Waals surface area contributed by atoms with Gasteiger partial charge in [0.05, 0.1) is 19.2 Å². The molecule has 1 rings (SSSR count). The number of hydrogen-bond acceptors (Lipinski definition) is 4. The van der Waals surface area contributed by atoms with Gasteiger partial charge < -0.3 is 19.5 Å². The fourth-order valence-electron chi connectivity index (χ4n) is 1.39. The van der Waals surface area contributed by atoms with Crippen molar-refractivity contribution in [3.05, 3.63) is 28.8 Å². The Balaban J connectivity index is 2.74. The van der Waals surface area contributed by atoms with Gasteiger partial charge in [-0.1, -0.05) is 11.6 Å². The van der Waals surface area contributed by atoms with Gasteiger partial charge in [0.15, 0.2) is 6.29 Å². The molecule has 18 heavy (non-hydrogen) atoms. The molecule has 1 aromatic rings. The number of rotatable bonds is 6. The Hall–Kier alpha value is -1.30. The molecule has 100 valence electrons. The first-order valence-electron chi connectivity index (χ1n) is 5.29. The fourth-order valence-corrected chi connectivity index (χ4v) is 1.56. The number of halogens is 1. The lowest BCUT2D eigenvalue weighted by Gasteiger charge is -2.15. The van der Waals surface area contributed by atoms with Gasteiger partial charge in [-0.3, -0.25) is 4.79 Å². The van der Waals surface area contributed by atoms with Crippen LogP contribution in [0.3, 0.4) is 0 Å². The lowest BCUT2D eigenvalue weighted by molar-refractivity contribution is -0.0974. The van der Waals surface area contributed by atoms with Gasteiger partial charge in [-0.25, -0.2) is 0 Å². The first kappa shape index (κ1) is 14.8. The molecule has 0 aliphatic carbocycles. The minimum atomic E-state index is -0.487. The van der Waals surface area contributed by atoms with Crippen LogP contribution < -0.4 is 10.1 Å². The minimum absolute atomic E-state index is 0.238. The third kappa shape index (κ3) is 3.87. The van der Waals surface area contributed by atoms with Gasteiger partial charge >= 0.3 is 0 Å². The van der Waals surface area contributed by atoms with E-state index in [9.17, 15) is 4.79 Å². The molecular weight excluding hydrogens is 258 g/mol. The number of benzene rings is 1. The van der Waals surface area contributed by atoms with Gasteiger partial charge in [0, 0.05) is 19.2 Å². The van der Waals surface area contributed by atoms with Crippen molar-refractivity contribution >= 4 is 17.5 Å². The second kappa shape index (κ2) is 7.20. The molecule has 0 radical (unpaired) electrons. The maximum absolute atomic E-state index is 12.0. The van der Waals surface area contributed by atoms with E-state index >= 15 is 0 Å². The lowest BCUT2D eigenvalue weighted by atomic mass is 10.2. The third-order valence-corrected chi connectivity index (χ3v) is 2.60. The van der Waals surface area contributed by atoms with Crippen molar-refractivity contribution in [2.24, 2.45) is 0 Å². The predicted molar refractivity (Wildman–Crippen MR) is 68.1 cm³/mol. The van der Waals surface area contributed by atoms with Crippen LogP contribution in [0.5, 0.6) is 5.75 Å². The van der Waals surface area contributed by atoms with Gasteiger partial charge in [-0.2, -0.15) is 0 Å². The molecule has 0 fully saturated rings. The molecule has 0 atom stereocenters. The first-order chi connectivity index (χ1) is 8.62. The molecule has 0 unspecified atom stereocenters. The van der Waals surface area contributed by atoms with Crippen LogP contribution in [0.2, 0.25) is 5.02 Å². The van der Waals surface area contributed by atoms with E-state index in [1.807, 2.05) is 0 Å². The molecule has 0 aliphatic heterocycles. The quantitative estimate of drug-likeness (QED) is 0.802. The van der Waals surface area contributed by atoms with Crippen LogP contribution in [0.25, 0.3) is 0 Å². The number of hydrogen-bond donors (Lipinski definition) is 1. The summed E-state index contributed by atoms with van der Waals surface area (Å²) < 4.78 is 15.0. The summed E-state index contributed by atoms with van der Waals surface area (Å²) in [6.45, 7) is 0.238. The highest BCUT2D eigenvalue weighted by Gasteiger charge is 2.14. The van der Waals surface area contributed by atoms with Gasteiger partial charge in [0.1, 0.15) is 5.75 Å². The van der Waals surface area contributed by atoms with Crippen molar-refractivity contribution < 1.29 is 19.0 Å². The van der Waals surface area contributed by atoms with Crippen LogP contribution in [0, 0.1) is 0 Å². The van der Waals surface area contributed by atoms with E-state index in [0.29, 0.717) is 16.3 Å². The van der Waals surface area contributed by atoms with Gasteiger partial charge in [-0.05, 0) is 18.2 Å². The van der Waals surface area contributed by atoms with Crippen molar-refractivity contribution in [1.29, 1.82) is 0 Å². The standard InChI is InChI=1S/C12H16ClNO4/c1-16-10-5-4-8(13)6-9(10)12(15)14-7-11(17-2)18-3/h4-6,11H,7H2,1-3H3,(H,14,15). The number of amides is 1. The summed E-state index contributed by atoms with van der Waals surface area (Å²) in [6, 6.07) is 4.84. The molecule has 1 amide bonds. The Kier molecular flexibility index (Phi) is 5.91. The lowest BCUT2D eigenvalue weighted by Crippen LogP contribution is -2.34. The second-order valence-corrected chi connectivity index (χ2v) is 3.89. The number of carbonyl (C=O) groups is 1. The summed E-state index contributed by atoms with van der Waals surface area (Å²) in [4.78, 5) is 12.0. The summed E-state index contributed by atoms with van der Waals surface area (Å²) in [5.41, 5.74) is 0.371. The van der Waals surface area contributed by atoms with E-state index in [4.69, 9.17) is 25.8 Å². The minimum Gasteiger partial charge on any atom is -0.496 e. The maximum Gasteiger partial charge on any atom is 0.255 e. The van der Waals surface area contributed by atoms with Crippen molar-refractivity contribution in [3.8, 4) is 5.75 Å². The molecule has 0 aliphatic rings. The highest BCUT2D eigenvalue weighted by Crippen LogP contribution is 2.22. The summed E-state index contributed by atoms with van der Waals surface area (Å²) in [6.07, 6.45) is -0.487. The van der Waals surface area contributed by atoms with Crippen molar-refractivity contribution in [2.45, 2.75) is 6.29 Å². The van der Waals surface area contributed by atoms with Gasteiger partial charge in [-0.15, -0.1) is 0 Å². The average Bonchev–Trinajstić information content (AvgIpc) is 2.39. The highest BCUT2D eigenvalue weighted by molar-refractivity contribution is 6.31. The second-order valence-electron chi connectivity index (χ2n) is 3.46. The molecule has 5 nitrogen and oxygen atoms in total. The summed E-state index contributed by atoms with van der Waals surface area (Å²) in [5.74, 6) is 0.164. The van der Waals surface area contributed by atoms with E-state index < -0.39 is 6.29 Å². The largest absolute Gasteiger partial charge is 0.496 e. The van der Waals surface area contributed by atoms with Gasteiger partial charge in [0.2, 0.25) is 0 Å². The summed E-state index contributed by atoms with van der Waals surface area (Å²) in [5, 5.41) is 3.14. The number of carbonyl (C=O) groups excluding carboxylic acids is 1. The van der Waals surface area contributed by atoms with E-state index in [0.717, 1.165) is 0 Å². The molecule has 0 aromatic heterocycles. The fraction of sp³-hybridized carbons (Fsp3) is 0.417. The van der Waals surface area contributed by atoms with Crippen molar-refractivity contribution in [3.63, 3.8) is 0 Å². The summed E-state index contributed by atoms with van der Waals surface area (Å²) in [7, 11) is 4.49. The van der Waals surface area contributed by atoms with Crippen LogP contribution >= 0.6 is 11.6 Å². The molecule has 0 bridgehead atoms. The SMILES string of the molecule is COc1ccc(Cl)cc1C(=O)NCC(OC)OC. The zero-order valence-electron chi connectivity index (χ0n) is 10.5. The predicted octanol–water partition coefficient (Wildman–Crippen LogP) is 1.70. The number of methoxy groups -OCH3 is 3. The smallest absolute Gasteiger partial charge is 0.255 e. The Bertz CT molecular complexity index is 407. The first-order valence-corrected chi connectivity index (χ1v) is 5.67. The van der Waals surface area contributed by atoms with Crippen LogP contribution in [-0.4, -0.2) is 40.1 Å². The highest BCUT2D eigenvalue weighted by atomic mass is 35.5. The molecular formula is C12H16ClNO4. The third-order valence-electron chi connectivity index (χ3n) is 2.36. The molecule has 1 aromatic carbocycles. The van der Waals surface area contributed by atoms with Crippen LogP contribution in [0.15, 0.2) is 18.2 Å². The Morgan fingerprint density at radius 2 is 2.00 bits per heavy atom. The van der Waals surface area contributed by atoms with E-state index in [1.54, 1.807) is 18.2 Å². The number of ether oxygens (including phenoxy) is 3. The Morgan fingerprint density at radius 1 is 1.33 bits per heavy atom. The van der Waals surface area contributed by atoms with Crippen LogP contribution in [0.1, 0.15) is 10.4 Å². The normalized spacial score (nSPS) is 10.5. The van der Waals surface area contributed by atoms with Crippen LogP contribution in [0.4, 0.5) is 0 Å². The Morgan fingerprint density at radius 3 is 2.56 bits per heavy atom. The van der Waals surface area contributed by atoms with E-state index in [1.165, 1.54) is 21.3 Å². The van der Waals surface area contributed by atoms with E-state index in [-0.39, 0.29) is 12.5 Å². The molecule has 1 N–H and O–H groups in total. The maximum atomic E-state index is 12.0. The molecule has 0 saturated heterocycles. The molecule has 6 heteroatoms. The topological polar surface area (TPSA) is 56.8 Å². The Labute approximate surface area is 111 Å². The zero-order chi connectivity index (χ0) is 13.5. The molecule has 0 spiro atoms.